The van der Waals surface area contributed by atoms with Crippen molar-refractivity contribution < 1.29 is 4.79 Å². The van der Waals surface area contributed by atoms with E-state index in [2.05, 4.69) is 13.0 Å². The van der Waals surface area contributed by atoms with E-state index in [0.29, 0.717) is 12.1 Å². The van der Waals surface area contributed by atoms with Crippen LogP contribution >= 0.6 is 0 Å². The fraction of sp³-hybridized carbons (Fsp3) is 0.389. The van der Waals surface area contributed by atoms with Gasteiger partial charge in [0, 0.05) is 19.2 Å². The summed E-state index contributed by atoms with van der Waals surface area (Å²) in [7, 11) is 1.77. The smallest absolute Gasteiger partial charge is 0.298 e. The van der Waals surface area contributed by atoms with Crippen molar-refractivity contribution in [1.29, 1.82) is 0 Å². The zero-order chi connectivity index (χ0) is 16.6. The molecule has 23 heavy (non-hydrogen) atoms. The Morgan fingerprint density at radius 3 is 2.87 bits per heavy atom. The average Bonchev–Trinajstić information content (AvgIpc) is 2.80. The van der Waals surface area contributed by atoms with E-state index in [1.165, 1.54) is 0 Å². The van der Waals surface area contributed by atoms with Gasteiger partial charge in [-0.2, -0.15) is 0 Å². The number of rotatable bonds is 4. The van der Waals surface area contributed by atoms with Crippen LogP contribution in [-0.4, -0.2) is 15.4 Å². The number of carbonyl (C=O) groups is 1. The van der Waals surface area contributed by atoms with Gasteiger partial charge in [-0.15, -0.1) is 0 Å². The summed E-state index contributed by atoms with van der Waals surface area (Å²) < 4.78 is 3.41. The average molecular weight is 311 g/mol. The number of nitrogens with zero attached hydrogens (tertiary/aromatic N) is 3. The number of aryl methyl sites for hydroxylation is 1. The van der Waals surface area contributed by atoms with Gasteiger partial charge in [0.1, 0.15) is 6.29 Å². The molecule has 0 aliphatic carbocycles. The molecule has 1 aromatic carbocycles. The fourth-order valence-electron chi connectivity index (χ4n) is 3.17. The molecule has 0 bridgehead atoms. The maximum absolute atomic E-state index is 12.4. The second-order valence-electron chi connectivity index (χ2n) is 6.02. The first kappa shape index (κ1) is 15.5. The molecule has 5 nitrogen and oxygen atoms in total. The Hall–Kier alpha value is -2.43. The van der Waals surface area contributed by atoms with E-state index in [1.807, 2.05) is 25.1 Å². The van der Waals surface area contributed by atoms with E-state index in [1.54, 1.807) is 16.2 Å². The molecule has 2 heterocycles. The number of benzene rings is 1. The van der Waals surface area contributed by atoms with Gasteiger partial charge in [-0.05, 0) is 37.0 Å². The molecule has 1 aromatic heterocycles. The Morgan fingerprint density at radius 1 is 1.39 bits per heavy atom. The maximum atomic E-state index is 12.4. The summed E-state index contributed by atoms with van der Waals surface area (Å²) in [5, 5.41) is 0.916. The summed E-state index contributed by atoms with van der Waals surface area (Å²) in [6, 6.07) is 5.62. The third-order valence-corrected chi connectivity index (χ3v) is 4.41. The van der Waals surface area contributed by atoms with Gasteiger partial charge < -0.3 is 0 Å². The first-order chi connectivity index (χ1) is 11.1. The predicted octanol–water partition coefficient (Wildman–Crippen LogP) is 1.26. The van der Waals surface area contributed by atoms with Crippen molar-refractivity contribution in [3.63, 3.8) is 0 Å². The number of aldehydes is 1. The van der Waals surface area contributed by atoms with Crippen LogP contribution in [0, 0.1) is 6.92 Å². The highest BCUT2D eigenvalue weighted by atomic mass is 16.1. The van der Waals surface area contributed by atoms with Gasteiger partial charge in [0.25, 0.3) is 0 Å². The zero-order valence-corrected chi connectivity index (χ0v) is 13.7. The SMILES string of the molecule is CCCn1c2c(n(C)c1=O)=NC(c1cc(C=O)ccc1C)CC=2. The highest BCUT2D eigenvalue weighted by molar-refractivity contribution is 5.75. The molecule has 0 N–H and O–H groups in total. The van der Waals surface area contributed by atoms with Crippen LogP contribution in [-0.2, 0) is 13.6 Å². The molecule has 1 atom stereocenters. The lowest BCUT2D eigenvalue weighted by Gasteiger charge is -2.16. The Labute approximate surface area is 134 Å². The summed E-state index contributed by atoms with van der Waals surface area (Å²) in [5.74, 6) is 0. The zero-order valence-electron chi connectivity index (χ0n) is 13.7. The van der Waals surface area contributed by atoms with Gasteiger partial charge in [-0.3, -0.25) is 18.9 Å². The van der Waals surface area contributed by atoms with Crippen molar-refractivity contribution in [2.45, 2.75) is 39.3 Å². The van der Waals surface area contributed by atoms with Gasteiger partial charge in [-0.25, -0.2) is 4.79 Å². The van der Waals surface area contributed by atoms with Crippen molar-refractivity contribution in [3.8, 4) is 0 Å². The van der Waals surface area contributed by atoms with Crippen LogP contribution in [0.5, 0.6) is 0 Å². The van der Waals surface area contributed by atoms with E-state index in [-0.39, 0.29) is 11.7 Å². The van der Waals surface area contributed by atoms with Crippen molar-refractivity contribution in [1.82, 2.24) is 9.13 Å². The minimum atomic E-state index is -0.0505. The molecule has 3 rings (SSSR count). The van der Waals surface area contributed by atoms with Crippen LogP contribution < -0.4 is 16.5 Å². The van der Waals surface area contributed by atoms with Crippen LogP contribution in [0.25, 0.3) is 6.08 Å². The Morgan fingerprint density at radius 2 is 2.17 bits per heavy atom. The third-order valence-electron chi connectivity index (χ3n) is 4.41. The van der Waals surface area contributed by atoms with Crippen LogP contribution in [0.1, 0.15) is 47.3 Å². The lowest BCUT2D eigenvalue weighted by molar-refractivity contribution is 0.112. The van der Waals surface area contributed by atoms with Gasteiger partial charge >= 0.3 is 5.69 Å². The maximum Gasteiger partial charge on any atom is 0.330 e. The third kappa shape index (κ3) is 2.56. The van der Waals surface area contributed by atoms with Crippen LogP contribution in [0.4, 0.5) is 0 Å². The fourth-order valence-corrected chi connectivity index (χ4v) is 3.17. The van der Waals surface area contributed by atoms with Crippen LogP contribution in [0.3, 0.4) is 0 Å². The Balaban J connectivity index is 2.16. The molecule has 5 heteroatoms. The molecule has 1 unspecified atom stereocenters. The molecule has 1 aliphatic rings. The van der Waals surface area contributed by atoms with Gasteiger partial charge in [0.05, 0.1) is 11.4 Å². The summed E-state index contributed by atoms with van der Waals surface area (Å²) in [4.78, 5) is 28.2. The first-order valence-corrected chi connectivity index (χ1v) is 7.96. The lowest BCUT2D eigenvalue weighted by atomic mass is 9.96. The highest BCUT2D eigenvalue weighted by Gasteiger charge is 2.18. The van der Waals surface area contributed by atoms with E-state index >= 15 is 0 Å². The molecule has 1 aliphatic heterocycles. The number of imidazole rings is 1. The second-order valence-corrected chi connectivity index (χ2v) is 6.02. The monoisotopic (exact) mass is 311 g/mol. The minimum absolute atomic E-state index is 0.0177. The molecule has 0 fully saturated rings. The lowest BCUT2D eigenvalue weighted by Crippen LogP contribution is -2.36. The molecule has 0 radical (unpaired) electrons. The van der Waals surface area contributed by atoms with E-state index in [4.69, 9.17) is 4.99 Å². The van der Waals surface area contributed by atoms with E-state index in [9.17, 15) is 9.59 Å². The topological polar surface area (TPSA) is 56.4 Å². The standard InChI is InChI=1S/C18H21N3O2/c1-4-9-21-16-8-7-15(19-17(16)20(3)18(21)23)14-10-13(11-22)6-5-12(14)2/h5-6,8,10-11,15H,4,7,9H2,1-3H3. The highest BCUT2D eigenvalue weighted by Crippen LogP contribution is 2.26. The van der Waals surface area contributed by atoms with Crippen molar-refractivity contribution >= 4 is 12.4 Å². The van der Waals surface area contributed by atoms with Crippen molar-refractivity contribution in [2.24, 2.45) is 12.0 Å². The van der Waals surface area contributed by atoms with E-state index in [0.717, 1.165) is 41.1 Å². The number of carbonyl (C=O) groups excluding carboxylic acids is 1. The number of hydrogen-bond acceptors (Lipinski definition) is 3. The summed E-state index contributed by atoms with van der Waals surface area (Å²) in [6.45, 7) is 4.79. The first-order valence-electron chi connectivity index (χ1n) is 7.96. The van der Waals surface area contributed by atoms with Crippen molar-refractivity contribution in [2.75, 3.05) is 0 Å². The van der Waals surface area contributed by atoms with E-state index < -0.39 is 0 Å². The summed E-state index contributed by atoms with van der Waals surface area (Å²) >= 11 is 0. The molecule has 0 saturated heterocycles. The number of hydrogen-bond donors (Lipinski definition) is 0. The second kappa shape index (κ2) is 5.99. The largest absolute Gasteiger partial charge is 0.330 e. The molecule has 120 valence electrons. The van der Waals surface area contributed by atoms with Crippen molar-refractivity contribution in [3.05, 3.63) is 56.2 Å². The normalized spacial score (nSPS) is 16.4. The number of fused-ring (bicyclic) bond motifs is 1. The molecule has 0 spiro atoms. The summed E-state index contributed by atoms with van der Waals surface area (Å²) in [5.41, 5.74) is 3.53. The molecule has 0 saturated carbocycles. The number of aromatic nitrogens is 2. The Bertz CT molecular complexity index is 934. The molecular formula is C18H21N3O2. The van der Waals surface area contributed by atoms with Gasteiger partial charge in [0.15, 0.2) is 5.49 Å². The molecule has 0 amide bonds. The predicted molar refractivity (Wildman–Crippen MR) is 89.1 cm³/mol. The molecular weight excluding hydrogens is 290 g/mol. The van der Waals surface area contributed by atoms with Gasteiger partial charge in [0.2, 0.25) is 0 Å². The quantitative estimate of drug-likeness (QED) is 0.798. The minimum Gasteiger partial charge on any atom is -0.298 e. The molecule has 2 aromatic rings. The van der Waals surface area contributed by atoms with Crippen LogP contribution in [0.15, 0.2) is 28.0 Å². The van der Waals surface area contributed by atoms with Gasteiger partial charge in [-0.1, -0.05) is 25.1 Å². The Kier molecular flexibility index (Phi) is 4.03. The summed E-state index contributed by atoms with van der Waals surface area (Å²) in [6.07, 6.45) is 4.60. The van der Waals surface area contributed by atoms with Crippen LogP contribution in [0.2, 0.25) is 0 Å².